The van der Waals surface area contributed by atoms with Crippen LogP contribution in [0, 0.1) is 13.8 Å². The quantitative estimate of drug-likeness (QED) is 0.373. The van der Waals surface area contributed by atoms with Gasteiger partial charge in [0.2, 0.25) is 5.69 Å². The van der Waals surface area contributed by atoms with Gasteiger partial charge in [-0.05, 0) is 31.2 Å². The molecule has 2 aromatic heterocycles. The standard InChI is InChI=1S/C12H16N3O2.C7H8O3S/c1-9-8-15-10(12(16)17-13(2)3)6-5-7-11(15)14(9)4;1-6-2-4-7(5-3-6)11(8,9)10/h5-8H,1-4H3;2-5H,1H3,(H,8,9,10)/q+1;/p-1. The van der Waals surface area contributed by atoms with E-state index in [0.717, 1.165) is 16.9 Å². The molecule has 0 aliphatic carbocycles. The molecule has 0 N–H and O–H groups in total. The molecule has 0 radical (unpaired) electrons. The number of carbonyl (C=O) groups is 1. The van der Waals surface area contributed by atoms with Crippen molar-refractivity contribution >= 4 is 21.7 Å². The van der Waals surface area contributed by atoms with E-state index in [-0.39, 0.29) is 10.9 Å². The molecule has 9 heteroatoms. The average molecular weight is 405 g/mol. The summed E-state index contributed by atoms with van der Waals surface area (Å²) >= 11 is 0. The van der Waals surface area contributed by atoms with Gasteiger partial charge in [-0.3, -0.25) is 0 Å². The maximum Gasteiger partial charge on any atom is 0.397 e. The Balaban J connectivity index is 0.000000221. The van der Waals surface area contributed by atoms with E-state index in [2.05, 4.69) is 0 Å². The summed E-state index contributed by atoms with van der Waals surface area (Å²) in [5.41, 5.74) is 3.48. The molecular weight excluding hydrogens is 382 g/mol. The molecule has 0 spiro atoms. The molecule has 0 aliphatic rings. The van der Waals surface area contributed by atoms with E-state index in [4.69, 9.17) is 4.84 Å². The van der Waals surface area contributed by atoms with Gasteiger partial charge in [0.1, 0.15) is 22.0 Å². The molecular formula is C19H23N3O5S. The van der Waals surface area contributed by atoms with Gasteiger partial charge in [-0.1, -0.05) is 17.7 Å². The second-order valence-electron chi connectivity index (χ2n) is 6.43. The highest BCUT2D eigenvalue weighted by Crippen LogP contribution is 2.08. The number of hydroxylamine groups is 2. The molecule has 1 aromatic carbocycles. The summed E-state index contributed by atoms with van der Waals surface area (Å²) in [4.78, 5) is 16.8. The normalized spacial score (nSPS) is 11.2. The second kappa shape index (κ2) is 8.51. The monoisotopic (exact) mass is 405 g/mol. The van der Waals surface area contributed by atoms with Crippen LogP contribution >= 0.6 is 0 Å². The zero-order valence-corrected chi connectivity index (χ0v) is 17.2. The third kappa shape index (κ3) is 5.16. The molecule has 0 aliphatic heterocycles. The third-order valence-electron chi connectivity index (χ3n) is 3.98. The Hall–Kier alpha value is -2.75. The summed E-state index contributed by atoms with van der Waals surface area (Å²) in [6.45, 7) is 3.81. The lowest BCUT2D eigenvalue weighted by molar-refractivity contribution is -0.515. The number of rotatable bonds is 3. The van der Waals surface area contributed by atoms with E-state index < -0.39 is 10.1 Å². The Morgan fingerprint density at radius 2 is 1.71 bits per heavy atom. The van der Waals surface area contributed by atoms with Crippen molar-refractivity contribution in [2.24, 2.45) is 7.05 Å². The highest BCUT2D eigenvalue weighted by Gasteiger charge is 2.21. The number of carbonyl (C=O) groups excluding carboxylic acids is 1. The van der Waals surface area contributed by atoms with Crippen LogP contribution in [0.25, 0.3) is 5.65 Å². The minimum atomic E-state index is -4.27. The first-order valence-electron chi connectivity index (χ1n) is 8.39. The van der Waals surface area contributed by atoms with Crippen molar-refractivity contribution < 1.29 is 27.0 Å². The Kier molecular flexibility index (Phi) is 6.55. The minimum absolute atomic E-state index is 0.178. The molecule has 2 heterocycles. The second-order valence-corrected chi connectivity index (χ2v) is 7.81. The minimum Gasteiger partial charge on any atom is -0.744 e. The molecule has 28 heavy (non-hydrogen) atoms. The number of hydrogen-bond donors (Lipinski definition) is 0. The van der Waals surface area contributed by atoms with Gasteiger partial charge in [-0.25, -0.2) is 17.8 Å². The van der Waals surface area contributed by atoms with Crippen LogP contribution in [0.15, 0.2) is 53.6 Å². The number of pyridine rings is 1. The molecule has 8 nitrogen and oxygen atoms in total. The van der Waals surface area contributed by atoms with Crippen molar-refractivity contribution in [2.45, 2.75) is 18.7 Å². The molecule has 0 saturated carbocycles. The van der Waals surface area contributed by atoms with Gasteiger partial charge in [0, 0.05) is 27.1 Å². The van der Waals surface area contributed by atoms with Gasteiger partial charge in [0.15, 0.2) is 0 Å². The molecule has 0 atom stereocenters. The molecule has 0 unspecified atom stereocenters. The largest absolute Gasteiger partial charge is 0.744 e. The van der Waals surface area contributed by atoms with E-state index in [9.17, 15) is 17.8 Å². The van der Waals surface area contributed by atoms with Gasteiger partial charge < -0.3 is 9.39 Å². The third-order valence-corrected chi connectivity index (χ3v) is 4.83. The zero-order chi connectivity index (χ0) is 21.1. The van der Waals surface area contributed by atoms with Crippen molar-refractivity contribution in [3.63, 3.8) is 0 Å². The van der Waals surface area contributed by atoms with Crippen LogP contribution < -0.4 is 4.40 Å². The average Bonchev–Trinajstić information content (AvgIpc) is 2.89. The number of hydrogen-bond acceptors (Lipinski definition) is 6. The summed E-state index contributed by atoms with van der Waals surface area (Å²) in [5, 5.41) is 1.39. The van der Waals surface area contributed by atoms with Crippen LogP contribution in [0.2, 0.25) is 0 Å². The SMILES string of the molecule is Cc1c[n+]2c(C(=O)ON(C)C)cccc2n1C.Cc1ccc(S(=O)(=O)[O-])cc1. The maximum atomic E-state index is 11.9. The summed E-state index contributed by atoms with van der Waals surface area (Å²) in [5.74, 6) is -0.365. The van der Waals surface area contributed by atoms with E-state index in [1.807, 2.05) is 48.2 Å². The van der Waals surface area contributed by atoms with Crippen LogP contribution in [-0.4, -0.2) is 42.7 Å². The lowest BCUT2D eigenvalue weighted by Gasteiger charge is -2.08. The van der Waals surface area contributed by atoms with Crippen molar-refractivity contribution in [3.8, 4) is 0 Å². The smallest absolute Gasteiger partial charge is 0.397 e. The van der Waals surface area contributed by atoms with E-state index in [0.29, 0.717) is 5.69 Å². The Morgan fingerprint density at radius 3 is 2.25 bits per heavy atom. The van der Waals surface area contributed by atoms with Crippen molar-refractivity contribution in [1.82, 2.24) is 9.63 Å². The summed E-state index contributed by atoms with van der Waals surface area (Å²) < 4.78 is 35.0. The van der Waals surface area contributed by atoms with Crippen molar-refractivity contribution in [1.29, 1.82) is 0 Å². The Morgan fingerprint density at radius 1 is 1.11 bits per heavy atom. The zero-order valence-electron chi connectivity index (χ0n) is 16.4. The van der Waals surface area contributed by atoms with E-state index in [1.54, 1.807) is 32.3 Å². The molecule has 0 saturated heterocycles. The van der Waals surface area contributed by atoms with Gasteiger partial charge >= 0.3 is 5.97 Å². The molecule has 0 amide bonds. The topological polar surface area (TPSA) is 95.8 Å². The molecule has 0 fully saturated rings. The number of imidazole rings is 1. The fourth-order valence-corrected chi connectivity index (χ4v) is 2.93. The lowest BCUT2D eigenvalue weighted by atomic mass is 10.2. The summed E-state index contributed by atoms with van der Waals surface area (Å²) in [6.07, 6.45) is 1.92. The van der Waals surface area contributed by atoms with Crippen LogP contribution in [-0.2, 0) is 22.0 Å². The van der Waals surface area contributed by atoms with Gasteiger partial charge in [0.05, 0.1) is 11.9 Å². The Labute approximate surface area is 164 Å². The maximum absolute atomic E-state index is 11.9. The number of fused-ring (bicyclic) bond motifs is 1. The molecule has 0 bridgehead atoms. The number of aryl methyl sites for hydroxylation is 3. The van der Waals surface area contributed by atoms with Gasteiger partial charge in [0.25, 0.3) is 5.65 Å². The first-order chi connectivity index (χ1) is 13.0. The van der Waals surface area contributed by atoms with Crippen LogP contribution in [0.5, 0.6) is 0 Å². The van der Waals surface area contributed by atoms with E-state index in [1.165, 1.54) is 17.2 Å². The summed E-state index contributed by atoms with van der Waals surface area (Å²) in [6, 6.07) is 11.3. The predicted molar refractivity (Wildman–Crippen MR) is 102 cm³/mol. The van der Waals surface area contributed by atoms with Gasteiger partial charge in [-0.2, -0.15) is 4.40 Å². The lowest BCUT2D eigenvalue weighted by Crippen LogP contribution is -2.32. The van der Waals surface area contributed by atoms with Crippen molar-refractivity contribution in [2.75, 3.05) is 14.1 Å². The Bertz CT molecular complexity index is 1090. The molecule has 3 rings (SSSR count). The molecule has 150 valence electrons. The van der Waals surface area contributed by atoms with E-state index >= 15 is 0 Å². The number of benzene rings is 1. The predicted octanol–water partition coefficient (Wildman–Crippen LogP) is 1.60. The van der Waals surface area contributed by atoms with Crippen LogP contribution in [0.1, 0.15) is 21.7 Å². The van der Waals surface area contributed by atoms with Crippen LogP contribution in [0.3, 0.4) is 0 Å². The number of nitrogens with zero attached hydrogens (tertiary/aromatic N) is 3. The first kappa shape index (κ1) is 21.5. The molecule has 3 aromatic rings. The fourth-order valence-electron chi connectivity index (χ4n) is 2.46. The first-order valence-corrected chi connectivity index (χ1v) is 9.80. The summed E-state index contributed by atoms with van der Waals surface area (Å²) in [7, 11) is 1.05. The highest BCUT2D eigenvalue weighted by molar-refractivity contribution is 7.85. The van der Waals surface area contributed by atoms with Crippen LogP contribution in [0.4, 0.5) is 0 Å². The van der Waals surface area contributed by atoms with Crippen molar-refractivity contribution in [3.05, 3.63) is 65.6 Å². The fraction of sp³-hybridized carbons (Fsp3) is 0.263. The van der Waals surface area contributed by atoms with Gasteiger partial charge in [-0.15, -0.1) is 5.06 Å². The highest BCUT2D eigenvalue weighted by atomic mass is 32.2. The number of aromatic nitrogens is 2.